The second-order valence-electron chi connectivity index (χ2n) is 4.54. The van der Waals surface area contributed by atoms with E-state index in [0.29, 0.717) is 5.69 Å². The van der Waals surface area contributed by atoms with Gasteiger partial charge in [0.1, 0.15) is 6.04 Å². The standard InChI is InChI=1S/C14H18N2O5/c1-10(14(20)21)16(8-7-13(18)19)9-12(17)15-11-5-3-2-4-6-11/h2-6,10H,7-9H2,1H3,(H,15,17)(H,18,19)(H,20,21). The van der Waals surface area contributed by atoms with Crippen molar-refractivity contribution < 1.29 is 24.6 Å². The van der Waals surface area contributed by atoms with Crippen molar-refractivity contribution in [3.63, 3.8) is 0 Å². The van der Waals surface area contributed by atoms with Crippen LogP contribution in [0.25, 0.3) is 0 Å². The lowest BCUT2D eigenvalue weighted by Crippen LogP contribution is -2.44. The summed E-state index contributed by atoms with van der Waals surface area (Å²) < 4.78 is 0. The smallest absolute Gasteiger partial charge is 0.320 e. The van der Waals surface area contributed by atoms with Crippen LogP contribution in [0.15, 0.2) is 30.3 Å². The van der Waals surface area contributed by atoms with E-state index in [-0.39, 0.29) is 25.4 Å². The number of para-hydroxylation sites is 1. The van der Waals surface area contributed by atoms with E-state index >= 15 is 0 Å². The van der Waals surface area contributed by atoms with Crippen LogP contribution in [0.5, 0.6) is 0 Å². The maximum atomic E-state index is 11.9. The van der Waals surface area contributed by atoms with Crippen molar-refractivity contribution in [1.29, 1.82) is 0 Å². The summed E-state index contributed by atoms with van der Waals surface area (Å²) in [5.74, 6) is -2.53. The maximum Gasteiger partial charge on any atom is 0.320 e. The summed E-state index contributed by atoms with van der Waals surface area (Å²) in [7, 11) is 0. The molecule has 1 atom stereocenters. The molecule has 0 fully saturated rings. The van der Waals surface area contributed by atoms with Crippen molar-refractivity contribution >= 4 is 23.5 Å². The number of carboxylic acid groups (broad SMARTS) is 2. The van der Waals surface area contributed by atoms with Crippen LogP contribution in [-0.4, -0.2) is 52.1 Å². The van der Waals surface area contributed by atoms with Crippen molar-refractivity contribution in [3.8, 4) is 0 Å². The number of nitrogens with one attached hydrogen (secondary N) is 1. The predicted octanol–water partition coefficient (Wildman–Crippen LogP) is 0.875. The molecule has 1 aromatic carbocycles. The molecule has 0 aromatic heterocycles. The highest BCUT2D eigenvalue weighted by Gasteiger charge is 2.23. The molecule has 1 aromatic rings. The number of carbonyl (C=O) groups excluding carboxylic acids is 1. The van der Waals surface area contributed by atoms with Gasteiger partial charge in [-0.3, -0.25) is 19.3 Å². The minimum absolute atomic E-state index is 0.00892. The van der Waals surface area contributed by atoms with Crippen molar-refractivity contribution in [2.45, 2.75) is 19.4 Å². The Hall–Kier alpha value is -2.41. The summed E-state index contributed by atoms with van der Waals surface area (Å²) in [4.78, 5) is 34.8. The molecule has 0 heterocycles. The Bertz CT molecular complexity index is 503. The summed E-state index contributed by atoms with van der Waals surface area (Å²) in [6, 6.07) is 7.81. The fourth-order valence-electron chi connectivity index (χ4n) is 1.71. The van der Waals surface area contributed by atoms with Crippen molar-refractivity contribution in [3.05, 3.63) is 30.3 Å². The SMILES string of the molecule is CC(C(=O)O)N(CCC(=O)O)CC(=O)Nc1ccccc1. The Balaban J connectivity index is 2.64. The van der Waals surface area contributed by atoms with Gasteiger partial charge in [-0.2, -0.15) is 0 Å². The average molecular weight is 294 g/mol. The van der Waals surface area contributed by atoms with Crippen molar-refractivity contribution in [2.24, 2.45) is 0 Å². The number of aliphatic carboxylic acids is 2. The molecule has 7 heteroatoms. The third-order valence-electron chi connectivity index (χ3n) is 2.92. The van der Waals surface area contributed by atoms with Gasteiger partial charge in [0, 0.05) is 12.2 Å². The Morgan fingerprint density at radius 2 is 1.81 bits per heavy atom. The molecular formula is C14H18N2O5. The third-order valence-corrected chi connectivity index (χ3v) is 2.92. The first kappa shape index (κ1) is 16.6. The largest absolute Gasteiger partial charge is 0.481 e. The number of carbonyl (C=O) groups is 3. The van der Waals surface area contributed by atoms with Crippen LogP contribution in [0.1, 0.15) is 13.3 Å². The van der Waals surface area contributed by atoms with Crippen LogP contribution < -0.4 is 5.32 Å². The number of anilines is 1. The molecule has 1 unspecified atom stereocenters. The second kappa shape index (κ2) is 8.01. The summed E-state index contributed by atoms with van der Waals surface area (Å²) in [6.45, 7) is 1.22. The molecule has 21 heavy (non-hydrogen) atoms. The first-order chi connectivity index (χ1) is 9.90. The van der Waals surface area contributed by atoms with E-state index < -0.39 is 18.0 Å². The van der Waals surface area contributed by atoms with E-state index in [0.717, 1.165) is 0 Å². The van der Waals surface area contributed by atoms with Crippen LogP contribution in [0.3, 0.4) is 0 Å². The quantitative estimate of drug-likeness (QED) is 0.657. The minimum atomic E-state index is -1.10. The van der Waals surface area contributed by atoms with Gasteiger partial charge in [-0.15, -0.1) is 0 Å². The van der Waals surface area contributed by atoms with Crippen LogP contribution in [-0.2, 0) is 14.4 Å². The van der Waals surface area contributed by atoms with Crippen LogP contribution in [0.4, 0.5) is 5.69 Å². The molecule has 0 aliphatic carbocycles. The fraction of sp³-hybridized carbons (Fsp3) is 0.357. The number of hydrogen-bond acceptors (Lipinski definition) is 4. The average Bonchev–Trinajstić information content (AvgIpc) is 2.43. The summed E-state index contributed by atoms with van der Waals surface area (Å²) >= 11 is 0. The Morgan fingerprint density at radius 1 is 1.19 bits per heavy atom. The van der Waals surface area contributed by atoms with Crippen LogP contribution in [0, 0.1) is 0 Å². The van der Waals surface area contributed by atoms with Gasteiger partial charge in [0.05, 0.1) is 13.0 Å². The van der Waals surface area contributed by atoms with E-state index in [2.05, 4.69) is 5.32 Å². The lowest BCUT2D eigenvalue weighted by molar-refractivity contribution is -0.145. The number of amides is 1. The van der Waals surface area contributed by atoms with Gasteiger partial charge in [0.15, 0.2) is 0 Å². The normalized spacial score (nSPS) is 11.9. The zero-order valence-corrected chi connectivity index (χ0v) is 11.7. The molecule has 0 bridgehead atoms. The fourth-order valence-corrected chi connectivity index (χ4v) is 1.71. The van der Waals surface area contributed by atoms with E-state index in [9.17, 15) is 14.4 Å². The summed E-state index contributed by atoms with van der Waals surface area (Å²) in [5.41, 5.74) is 0.601. The van der Waals surface area contributed by atoms with Gasteiger partial charge in [-0.05, 0) is 19.1 Å². The lowest BCUT2D eigenvalue weighted by atomic mass is 10.2. The van der Waals surface area contributed by atoms with Crippen LogP contribution in [0.2, 0.25) is 0 Å². The molecule has 114 valence electrons. The van der Waals surface area contributed by atoms with E-state index in [1.54, 1.807) is 30.3 Å². The number of nitrogens with zero attached hydrogens (tertiary/aromatic N) is 1. The van der Waals surface area contributed by atoms with Gasteiger partial charge in [0.2, 0.25) is 5.91 Å². The Kier molecular flexibility index (Phi) is 6.35. The highest BCUT2D eigenvalue weighted by Crippen LogP contribution is 2.06. The topological polar surface area (TPSA) is 107 Å². The molecule has 7 nitrogen and oxygen atoms in total. The van der Waals surface area contributed by atoms with Gasteiger partial charge in [0.25, 0.3) is 0 Å². The monoisotopic (exact) mass is 294 g/mol. The van der Waals surface area contributed by atoms with Crippen molar-refractivity contribution in [2.75, 3.05) is 18.4 Å². The van der Waals surface area contributed by atoms with Gasteiger partial charge in [-0.1, -0.05) is 18.2 Å². The number of benzene rings is 1. The van der Waals surface area contributed by atoms with Gasteiger partial charge in [-0.25, -0.2) is 0 Å². The Labute approximate surface area is 122 Å². The molecule has 0 spiro atoms. The summed E-state index contributed by atoms with van der Waals surface area (Å²) in [5, 5.41) is 20.3. The zero-order chi connectivity index (χ0) is 15.8. The zero-order valence-electron chi connectivity index (χ0n) is 11.7. The molecular weight excluding hydrogens is 276 g/mol. The van der Waals surface area contributed by atoms with Gasteiger partial charge >= 0.3 is 11.9 Å². The van der Waals surface area contributed by atoms with E-state index in [1.165, 1.54) is 11.8 Å². The molecule has 1 amide bonds. The van der Waals surface area contributed by atoms with E-state index in [4.69, 9.17) is 10.2 Å². The molecule has 1 rings (SSSR count). The molecule has 3 N–H and O–H groups in total. The first-order valence-corrected chi connectivity index (χ1v) is 6.43. The van der Waals surface area contributed by atoms with Gasteiger partial charge < -0.3 is 15.5 Å². The highest BCUT2D eigenvalue weighted by atomic mass is 16.4. The summed E-state index contributed by atoms with van der Waals surface area (Å²) in [6.07, 6.45) is -0.226. The molecule has 0 aliphatic rings. The molecule has 0 saturated carbocycles. The molecule has 0 saturated heterocycles. The molecule has 0 aliphatic heterocycles. The third kappa shape index (κ3) is 6.05. The highest BCUT2D eigenvalue weighted by molar-refractivity contribution is 5.92. The number of rotatable bonds is 8. The molecule has 0 radical (unpaired) electrons. The van der Waals surface area contributed by atoms with E-state index in [1.807, 2.05) is 0 Å². The predicted molar refractivity (Wildman–Crippen MR) is 76.0 cm³/mol. The number of carboxylic acids is 2. The minimum Gasteiger partial charge on any atom is -0.481 e. The lowest BCUT2D eigenvalue weighted by Gasteiger charge is -2.24. The second-order valence-corrected chi connectivity index (χ2v) is 4.54. The van der Waals surface area contributed by atoms with Crippen molar-refractivity contribution in [1.82, 2.24) is 4.90 Å². The first-order valence-electron chi connectivity index (χ1n) is 6.43. The number of hydrogen-bond donors (Lipinski definition) is 3. The maximum absolute atomic E-state index is 11.9. The Morgan fingerprint density at radius 3 is 2.33 bits per heavy atom. The van der Waals surface area contributed by atoms with Crippen LogP contribution >= 0.6 is 0 Å².